The van der Waals surface area contributed by atoms with Crippen molar-refractivity contribution in [3.8, 4) is 0 Å². The molecule has 20 heavy (non-hydrogen) atoms. The maximum Gasteiger partial charge on any atom is 0.242 e. The van der Waals surface area contributed by atoms with Crippen LogP contribution in [-0.2, 0) is 10.2 Å². The second-order valence-corrected chi connectivity index (χ2v) is 5.55. The molecule has 1 aliphatic rings. The molecule has 0 aliphatic heterocycles. The molecule has 3 rings (SSSR count). The minimum atomic E-state index is -0.218. The topological polar surface area (TPSA) is 46.9 Å². The van der Waals surface area contributed by atoms with Crippen LogP contribution in [0.2, 0.25) is 0 Å². The van der Waals surface area contributed by atoms with Crippen molar-refractivity contribution >= 4 is 5.91 Å². The van der Waals surface area contributed by atoms with Crippen LogP contribution in [-0.4, -0.2) is 22.0 Å². The van der Waals surface area contributed by atoms with Crippen LogP contribution in [0.1, 0.15) is 31.4 Å². The summed E-state index contributed by atoms with van der Waals surface area (Å²) >= 11 is 0. The molecule has 1 aromatic heterocycles. The van der Waals surface area contributed by atoms with Crippen molar-refractivity contribution in [3.05, 3.63) is 54.6 Å². The van der Waals surface area contributed by atoms with E-state index in [0.29, 0.717) is 0 Å². The van der Waals surface area contributed by atoms with Gasteiger partial charge in [-0.25, -0.2) is 4.98 Å². The summed E-state index contributed by atoms with van der Waals surface area (Å²) in [6.07, 6.45) is 7.48. The number of amides is 1. The predicted molar refractivity (Wildman–Crippen MR) is 77.3 cm³/mol. The van der Waals surface area contributed by atoms with Crippen LogP contribution in [0.25, 0.3) is 0 Å². The first-order valence-electron chi connectivity index (χ1n) is 7.02. The molecule has 0 unspecified atom stereocenters. The molecule has 0 radical (unpaired) electrons. The summed E-state index contributed by atoms with van der Waals surface area (Å²) in [6, 6.07) is 10.2. The molecule has 1 fully saturated rings. The third-order valence-electron chi connectivity index (χ3n) is 4.19. The van der Waals surface area contributed by atoms with E-state index >= 15 is 0 Å². The normalized spacial score (nSPS) is 17.4. The smallest absolute Gasteiger partial charge is 0.242 e. The highest BCUT2D eigenvalue weighted by atomic mass is 16.2. The highest BCUT2D eigenvalue weighted by Crippen LogP contribution is 2.47. The lowest BCUT2D eigenvalue weighted by atomic mass is 9.96. The average molecular weight is 269 g/mol. The van der Waals surface area contributed by atoms with Crippen LogP contribution in [0.3, 0.4) is 0 Å². The standard InChI is InChI=1S/C16H19N3O/c1-13(19-10-9-17-12-19)15(20)18-11-16(7-8-16)14-5-3-2-4-6-14/h2-6,9-10,12-13H,7-8,11H2,1H3,(H,18,20)/t13-/m0/s1. The Bertz CT molecular complexity index is 573. The van der Waals surface area contributed by atoms with E-state index in [-0.39, 0.29) is 17.4 Å². The second kappa shape index (κ2) is 5.12. The first-order valence-corrected chi connectivity index (χ1v) is 7.02. The van der Waals surface area contributed by atoms with Crippen LogP contribution < -0.4 is 5.32 Å². The largest absolute Gasteiger partial charge is 0.353 e. The molecule has 1 amide bonds. The van der Waals surface area contributed by atoms with Crippen molar-refractivity contribution < 1.29 is 4.79 Å². The second-order valence-electron chi connectivity index (χ2n) is 5.55. The molecule has 0 saturated heterocycles. The lowest BCUT2D eigenvalue weighted by Gasteiger charge is -2.19. The molecule has 1 aromatic carbocycles. The number of rotatable bonds is 5. The average Bonchev–Trinajstić information content (AvgIpc) is 3.09. The third-order valence-corrected chi connectivity index (χ3v) is 4.19. The highest BCUT2D eigenvalue weighted by molar-refractivity contribution is 5.80. The minimum Gasteiger partial charge on any atom is -0.353 e. The Morgan fingerprint density at radius 1 is 1.40 bits per heavy atom. The number of benzene rings is 1. The SMILES string of the molecule is C[C@@H](C(=O)NCC1(c2ccccc2)CC1)n1ccnc1. The number of nitrogens with zero attached hydrogens (tertiary/aromatic N) is 2. The summed E-state index contributed by atoms with van der Waals surface area (Å²) in [5.41, 5.74) is 1.49. The van der Waals surface area contributed by atoms with Gasteiger partial charge in [-0.2, -0.15) is 0 Å². The number of aromatic nitrogens is 2. The van der Waals surface area contributed by atoms with E-state index in [2.05, 4.69) is 34.6 Å². The van der Waals surface area contributed by atoms with Gasteiger partial charge in [0.15, 0.2) is 0 Å². The van der Waals surface area contributed by atoms with Crippen molar-refractivity contribution in [1.29, 1.82) is 0 Å². The van der Waals surface area contributed by atoms with Gasteiger partial charge in [0, 0.05) is 24.4 Å². The Labute approximate surface area is 118 Å². The molecule has 2 aromatic rings. The summed E-state index contributed by atoms with van der Waals surface area (Å²) in [6.45, 7) is 2.61. The Hall–Kier alpha value is -2.10. The molecule has 0 spiro atoms. The number of hydrogen-bond acceptors (Lipinski definition) is 2. The van der Waals surface area contributed by atoms with E-state index < -0.39 is 0 Å². The van der Waals surface area contributed by atoms with E-state index in [1.165, 1.54) is 5.56 Å². The molecular formula is C16H19N3O. The monoisotopic (exact) mass is 269 g/mol. The number of carbonyl (C=O) groups is 1. The van der Waals surface area contributed by atoms with Gasteiger partial charge >= 0.3 is 0 Å². The lowest BCUT2D eigenvalue weighted by Crippen LogP contribution is -2.36. The van der Waals surface area contributed by atoms with Gasteiger partial charge in [-0.1, -0.05) is 30.3 Å². The molecule has 1 heterocycles. The van der Waals surface area contributed by atoms with E-state index in [1.807, 2.05) is 23.8 Å². The van der Waals surface area contributed by atoms with Crippen LogP contribution in [0.4, 0.5) is 0 Å². The van der Waals surface area contributed by atoms with Crippen LogP contribution in [0, 0.1) is 0 Å². The third kappa shape index (κ3) is 2.46. The quantitative estimate of drug-likeness (QED) is 0.905. The maximum absolute atomic E-state index is 12.2. The molecular weight excluding hydrogens is 250 g/mol. The first kappa shape index (κ1) is 12.9. The van der Waals surface area contributed by atoms with Gasteiger partial charge < -0.3 is 9.88 Å². The predicted octanol–water partition coefficient (Wildman–Crippen LogP) is 2.29. The summed E-state index contributed by atoms with van der Waals surface area (Å²) < 4.78 is 1.82. The van der Waals surface area contributed by atoms with Crippen molar-refractivity contribution in [1.82, 2.24) is 14.9 Å². The summed E-state index contributed by atoms with van der Waals surface area (Å²) in [7, 11) is 0. The molecule has 0 bridgehead atoms. The minimum absolute atomic E-state index is 0.0465. The summed E-state index contributed by atoms with van der Waals surface area (Å²) in [5, 5.41) is 3.08. The van der Waals surface area contributed by atoms with Crippen molar-refractivity contribution in [2.75, 3.05) is 6.54 Å². The fourth-order valence-electron chi connectivity index (χ4n) is 2.55. The Morgan fingerprint density at radius 3 is 2.75 bits per heavy atom. The van der Waals surface area contributed by atoms with Crippen molar-refractivity contribution in [2.45, 2.75) is 31.2 Å². The zero-order valence-electron chi connectivity index (χ0n) is 11.6. The van der Waals surface area contributed by atoms with Crippen molar-refractivity contribution in [3.63, 3.8) is 0 Å². The Kier molecular flexibility index (Phi) is 3.30. The number of hydrogen-bond donors (Lipinski definition) is 1. The van der Waals surface area contributed by atoms with Crippen molar-refractivity contribution in [2.24, 2.45) is 0 Å². The molecule has 4 heteroatoms. The maximum atomic E-state index is 12.2. The van der Waals surface area contributed by atoms with Gasteiger partial charge in [0.25, 0.3) is 0 Å². The van der Waals surface area contributed by atoms with Crippen LogP contribution >= 0.6 is 0 Å². The molecule has 1 aliphatic carbocycles. The van der Waals surface area contributed by atoms with E-state index in [9.17, 15) is 4.79 Å². The van der Waals surface area contributed by atoms with Gasteiger partial charge in [-0.05, 0) is 25.3 Å². The van der Waals surface area contributed by atoms with Gasteiger partial charge in [-0.15, -0.1) is 0 Å². The summed E-state index contributed by atoms with van der Waals surface area (Å²) in [5.74, 6) is 0.0465. The van der Waals surface area contributed by atoms with E-state index in [4.69, 9.17) is 0 Å². The zero-order chi connectivity index (χ0) is 14.0. The molecule has 1 atom stereocenters. The zero-order valence-corrected chi connectivity index (χ0v) is 11.6. The highest BCUT2D eigenvalue weighted by Gasteiger charge is 2.44. The molecule has 4 nitrogen and oxygen atoms in total. The number of nitrogens with one attached hydrogen (secondary N) is 1. The van der Waals surface area contributed by atoms with Gasteiger partial charge in [0.2, 0.25) is 5.91 Å². The fraction of sp³-hybridized carbons (Fsp3) is 0.375. The molecule has 1 N–H and O–H groups in total. The summed E-state index contributed by atoms with van der Waals surface area (Å²) in [4.78, 5) is 16.2. The number of imidazole rings is 1. The Morgan fingerprint density at radius 2 is 2.15 bits per heavy atom. The lowest BCUT2D eigenvalue weighted by molar-refractivity contribution is -0.124. The van der Waals surface area contributed by atoms with Gasteiger partial charge in [-0.3, -0.25) is 4.79 Å². The van der Waals surface area contributed by atoms with Gasteiger partial charge in [0.1, 0.15) is 6.04 Å². The van der Waals surface area contributed by atoms with E-state index in [1.54, 1.807) is 12.5 Å². The molecule has 104 valence electrons. The number of carbonyl (C=O) groups excluding carboxylic acids is 1. The van der Waals surface area contributed by atoms with Gasteiger partial charge in [0.05, 0.1) is 6.33 Å². The van der Waals surface area contributed by atoms with E-state index in [0.717, 1.165) is 19.4 Å². The fourth-order valence-corrected chi connectivity index (χ4v) is 2.55. The first-order chi connectivity index (χ1) is 9.71. The van der Waals surface area contributed by atoms with Crippen LogP contribution in [0.5, 0.6) is 0 Å². The molecule has 1 saturated carbocycles. The Balaban J connectivity index is 1.61. The van der Waals surface area contributed by atoms with Crippen LogP contribution in [0.15, 0.2) is 49.1 Å².